The van der Waals surface area contributed by atoms with Gasteiger partial charge in [-0.1, -0.05) is 6.08 Å². The zero-order chi connectivity index (χ0) is 6.91. The molecule has 1 atom stereocenters. The summed E-state index contributed by atoms with van der Waals surface area (Å²) in [6.45, 7) is 3.48. The normalized spacial score (nSPS) is 25.0. The van der Waals surface area contributed by atoms with E-state index in [0.717, 1.165) is 12.8 Å². The van der Waals surface area contributed by atoms with Gasteiger partial charge in [-0.25, -0.2) is 0 Å². The standard InChI is InChI=1S/C5H8O3S/c1-2-5(3-4-5)8-9(6)7/h2H,1,3-4H2,(H,6,7). The topological polar surface area (TPSA) is 46.5 Å². The van der Waals surface area contributed by atoms with Gasteiger partial charge in [0.15, 0.2) is 0 Å². The van der Waals surface area contributed by atoms with Gasteiger partial charge in [-0.2, -0.15) is 4.21 Å². The molecular formula is C5H8O3S. The third-order valence-electron chi connectivity index (χ3n) is 1.35. The van der Waals surface area contributed by atoms with Crippen LogP contribution in [0.1, 0.15) is 12.8 Å². The van der Waals surface area contributed by atoms with E-state index in [1.807, 2.05) is 0 Å². The van der Waals surface area contributed by atoms with Gasteiger partial charge in [0.1, 0.15) is 5.60 Å². The van der Waals surface area contributed by atoms with Crippen molar-refractivity contribution in [2.24, 2.45) is 0 Å². The second kappa shape index (κ2) is 2.21. The summed E-state index contributed by atoms with van der Waals surface area (Å²) in [7, 11) is 0. The fourth-order valence-corrected chi connectivity index (χ4v) is 1.11. The predicted octanol–water partition coefficient (Wildman–Crippen LogP) is 0.858. The Labute approximate surface area is 56.2 Å². The molecule has 1 aliphatic rings. The highest BCUT2D eigenvalue weighted by atomic mass is 32.2. The van der Waals surface area contributed by atoms with Crippen molar-refractivity contribution in [2.75, 3.05) is 0 Å². The van der Waals surface area contributed by atoms with Crippen LogP contribution >= 0.6 is 0 Å². The Hall–Kier alpha value is -0.190. The van der Waals surface area contributed by atoms with E-state index < -0.39 is 17.0 Å². The minimum Gasteiger partial charge on any atom is -0.284 e. The van der Waals surface area contributed by atoms with E-state index in [1.54, 1.807) is 6.08 Å². The molecule has 0 aliphatic heterocycles. The van der Waals surface area contributed by atoms with Crippen LogP contribution in [0.25, 0.3) is 0 Å². The molecule has 9 heavy (non-hydrogen) atoms. The van der Waals surface area contributed by atoms with Crippen molar-refractivity contribution < 1.29 is 12.9 Å². The van der Waals surface area contributed by atoms with E-state index in [4.69, 9.17) is 4.55 Å². The zero-order valence-electron chi connectivity index (χ0n) is 4.87. The van der Waals surface area contributed by atoms with E-state index in [0.29, 0.717) is 0 Å². The quantitative estimate of drug-likeness (QED) is 0.477. The number of hydrogen-bond acceptors (Lipinski definition) is 2. The Bertz CT molecular complexity index is 150. The molecule has 1 rings (SSSR count). The van der Waals surface area contributed by atoms with Crippen molar-refractivity contribution in [1.29, 1.82) is 0 Å². The average Bonchev–Trinajstić information content (AvgIpc) is 2.48. The van der Waals surface area contributed by atoms with Gasteiger partial charge in [-0.15, -0.1) is 6.58 Å². The van der Waals surface area contributed by atoms with Gasteiger partial charge < -0.3 is 0 Å². The molecule has 1 N–H and O–H groups in total. The lowest BCUT2D eigenvalue weighted by Gasteiger charge is -2.04. The summed E-state index contributed by atoms with van der Waals surface area (Å²) >= 11 is -2.14. The molecule has 0 aromatic carbocycles. The van der Waals surface area contributed by atoms with Crippen LogP contribution in [-0.2, 0) is 15.5 Å². The summed E-state index contributed by atoms with van der Waals surface area (Å²) in [5, 5.41) is 0. The van der Waals surface area contributed by atoms with E-state index in [2.05, 4.69) is 10.8 Å². The molecule has 1 saturated carbocycles. The molecule has 0 spiro atoms. The van der Waals surface area contributed by atoms with Crippen LogP contribution in [0.15, 0.2) is 12.7 Å². The average molecular weight is 148 g/mol. The Balaban J connectivity index is 2.42. The van der Waals surface area contributed by atoms with Gasteiger partial charge in [-0.05, 0) is 12.8 Å². The van der Waals surface area contributed by atoms with Crippen molar-refractivity contribution in [1.82, 2.24) is 0 Å². The summed E-state index contributed by atoms with van der Waals surface area (Å²) in [5.41, 5.74) is -0.473. The molecule has 0 aromatic rings. The molecule has 0 bridgehead atoms. The van der Waals surface area contributed by atoms with Gasteiger partial charge in [0, 0.05) is 0 Å². The van der Waals surface area contributed by atoms with E-state index >= 15 is 0 Å². The fourth-order valence-electron chi connectivity index (χ4n) is 0.587. The Morgan fingerprint density at radius 3 is 2.44 bits per heavy atom. The van der Waals surface area contributed by atoms with Gasteiger partial charge in [0.25, 0.3) is 0 Å². The Kier molecular flexibility index (Phi) is 1.70. The van der Waals surface area contributed by atoms with Crippen LogP contribution in [-0.4, -0.2) is 14.4 Å². The molecule has 1 fully saturated rings. The van der Waals surface area contributed by atoms with E-state index in [9.17, 15) is 4.21 Å². The van der Waals surface area contributed by atoms with Crippen molar-refractivity contribution in [3.63, 3.8) is 0 Å². The second-order valence-electron chi connectivity index (χ2n) is 2.07. The maximum Gasteiger partial charge on any atom is 0.302 e. The number of rotatable bonds is 3. The highest BCUT2D eigenvalue weighted by molar-refractivity contribution is 7.74. The highest BCUT2D eigenvalue weighted by Gasteiger charge is 2.43. The van der Waals surface area contributed by atoms with E-state index in [1.165, 1.54) is 0 Å². The summed E-state index contributed by atoms with van der Waals surface area (Å²) in [6, 6.07) is 0. The monoisotopic (exact) mass is 148 g/mol. The largest absolute Gasteiger partial charge is 0.302 e. The molecule has 0 saturated heterocycles. The van der Waals surface area contributed by atoms with Crippen LogP contribution in [0.5, 0.6) is 0 Å². The first kappa shape index (κ1) is 6.92. The molecular weight excluding hydrogens is 140 g/mol. The van der Waals surface area contributed by atoms with Gasteiger partial charge in [-0.3, -0.25) is 8.74 Å². The second-order valence-corrected chi connectivity index (χ2v) is 2.67. The van der Waals surface area contributed by atoms with Crippen molar-refractivity contribution in [2.45, 2.75) is 18.4 Å². The molecule has 52 valence electrons. The number of hydrogen-bond donors (Lipinski definition) is 1. The lowest BCUT2D eigenvalue weighted by Crippen LogP contribution is -2.11. The maximum atomic E-state index is 10.1. The Morgan fingerprint density at radius 1 is 1.78 bits per heavy atom. The molecule has 3 nitrogen and oxygen atoms in total. The Morgan fingerprint density at radius 2 is 2.33 bits per heavy atom. The summed E-state index contributed by atoms with van der Waals surface area (Å²) in [5.74, 6) is 0. The van der Waals surface area contributed by atoms with Crippen LogP contribution in [0.2, 0.25) is 0 Å². The summed E-state index contributed by atoms with van der Waals surface area (Å²) < 4.78 is 22.9. The molecule has 1 aliphatic carbocycles. The third kappa shape index (κ3) is 1.61. The minimum absolute atomic E-state index is 0.473. The third-order valence-corrected chi connectivity index (χ3v) is 1.83. The molecule has 4 heteroatoms. The van der Waals surface area contributed by atoms with Crippen LogP contribution in [0, 0.1) is 0 Å². The highest BCUT2D eigenvalue weighted by Crippen LogP contribution is 2.40. The molecule has 0 amide bonds. The lowest BCUT2D eigenvalue weighted by molar-refractivity contribution is 0.230. The first-order chi connectivity index (χ1) is 4.18. The predicted molar refractivity (Wildman–Crippen MR) is 34.0 cm³/mol. The van der Waals surface area contributed by atoms with Crippen molar-refractivity contribution in [3.05, 3.63) is 12.7 Å². The van der Waals surface area contributed by atoms with Crippen molar-refractivity contribution in [3.8, 4) is 0 Å². The van der Waals surface area contributed by atoms with Crippen molar-refractivity contribution >= 4 is 11.4 Å². The van der Waals surface area contributed by atoms with Gasteiger partial charge >= 0.3 is 11.4 Å². The zero-order valence-corrected chi connectivity index (χ0v) is 5.69. The van der Waals surface area contributed by atoms with Crippen LogP contribution in [0.3, 0.4) is 0 Å². The SMILES string of the molecule is C=CC1(OS(=O)O)CC1. The fraction of sp³-hybridized carbons (Fsp3) is 0.600. The maximum absolute atomic E-state index is 10.1. The van der Waals surface area contributed by atoms with Gasteiger partial charge in [0.2, 0.25) is 0 Å². The smallest absolute Gasteiger partial charge is 0.284 e. The molecule has 0 heterocycles. The first-order valence-electron chi connectivity index (χ1n) is 2.62. The lowest BCUT2D eigenvalue weighted by atomic mass is 10.3. The molecule has 0 radical (unpaired) electrons. The molecule has 1 unspecified atom stereocenters. The summed E-state index contributed by atoms with van der Waals surface area (Å²) in [6.07, 6.45) is 3.19. The first-order valence-corrected chi connectivity index (χ1v) is 3.66. The van der Waals surface area contributed by atoms with E-state index in [-0.39, 0.29) is 0 Å². The van der Waals surface area contributed by atoms with Gasteiger partial charge in [0.05, 0.1) is 0 Å². The molecule has 0 aromatic heterocycles. The van der Waals surface area contributed by atoms with Crippen LogP contribution < -0.4 is 0 Å². The minimum atomic E-state index is -2.14. The summed E-state index contributed by atoms with van der Waals surface area (Å²) in [4.78, 5) is 0. The van der Waals surface area contributed by atoms with Crippen LogP contribution in [0.4, 0.5) is 0 Å².